The number of nitrogens with one attached hydrogen (secondary N) is 1. The van der Waals surface area contributed by atoms with Gasteiger partial charge in [-0.05, 0) is 23.1 Å². The van der Waals surface area contributed by atoms with E-state index in [0.717, 1.165) is 10.9 Å². The predicted octanol–water partition coefficient (Wildman–Crippen LogP) is 2.44. The molecule has 3 N–H and O–H groups in total. The van der Waals surface area contributed by atoms with E-state index in [1.807, 2.05) is 6.07 Å². The van der Waals surface area contributed by atoms with Gasteiger partial charge in [-0.3, -0.25) is 5.10 Å². The topological polar surface area (TPSA) is 54.7 Å². The molecule has 0 saturated heterocycles. The van der Waals surface area contributed by atoms with Crippen molar-refractivity contribution < 1.29 is 0 Å². The minimum absolute atomic E-state index is 0.151. The lowest BCUT2D eigenvalue weighted by molar-refractivity contribution is 0.591. The predicted molar refractivity (Wildman–Crippen MR) is 59.2 cm³/mol. The normalized spacial score (nSPS) is 12.2. The molecule has 2 rings (SSSR count). The summed E-state index contributed by atoms with van der Waals surface area (Å²) < 4.78 is 0. The standard InChI is InChI=1S/C11H15N3/c1-11(2,3)7-4-5-9-8(6-7)10(12)14-13-9/h4-6H,1-3H3,(H3,12,13,14). The van der Waals surface area contributed by atoms with E-state index < -0.39 is 0 Å². The summed E-state index contributed by atoms with van der Waals surface area (Å²) in [7, 11) is 0. The lowest BCUT2D eigenvalue weighted by Gasteiger charge is -2.18. The first kappa shape index (κ1) is 9.06. The highest BCUT2D eigenvalue weighted by Crippen LogP contribution is 2.27. The Bertz CT molecular complexity index is 463. The van der Waals surface area contributed by atoms with Crippen molar-refractivity contribution >= 4 is 16.7 Å². The van der Waals surface area contributed by atoms with Crippen LogP contribution in [-0.2, 0) is 5.41 Å². The van der Waals surface area contributed by atoms with Crippen molar-refractivity contribution in [2.24, 2.45) is 0 Å². The van der Waals surface area contributed by atoms with E-state index in [1.165, 1.54) is 5.56 Å². The minimum Gasteiger partial charge on any atom is -0.382 e. The average Bonchev–Trinajstić information content (AvgIpc) is 2.46. The molecule has 0 saturated carbocycles. The third-order valence-electron chi connectivity index (χ3n) is 2.46. The number of rotatable bonds is 0. The summed E-state index contributed by atoms with van der Waals surface area (Å²) in [6, 6.07) is 6.24. The molecule has 0 unspecified atom stereocenters. The number of nitrogens with two attached hydrogens (primary N) is 1. The van der Waals surface area contributed by atoms with Crippen LogP contribution in [0.4, 0.5) is 5.82 Å². The Morgan fingerprint density at radius 1 is 1.29 bits per heavy atom. The van der Waals surface area contributed by atoms with Gasteiger partial charge in [0.2, 0.25) is 0 Å². The number of nitrogens with zero attached hydrogens (tertiary/aromatic N) is 1. The summed E-state index contributed by atoms with van der Waals surface area (Å²) in [5.41, 5.74) is 8.17. The monoisotopic (exact) mass is 189 g/mol. The lowest BCUT2D eigenvalue weighted by atomic mass is 9.86. The zero-order valence-electron chi connectivity index (χ0n) is 8.76. The van der Waals surface area contributed by atoms with Gasteiger partial charge < -0.3 is 5.73 Å². The summed E-state index contributed by atoms with van der Waals surface area (Å²) in [5.74, 6) is 0.575. The highest BCUT2D eigenvalue weighted by atomic mass is 15.1. The van der Waals surface area contributed by atoms with Crippen molar-refractivity contribution in [2.45, 2.75) is 26.2 Å². The van der Waals surface area contributed by atoms with Crippen LogP contribution in [0.1, 0.15) is 26.3 Å². The van der Waals surface area contributed by atoms with Gasteiger partial charge in [0.1, 0.15) is 0 Å². The molecule has 1 aromatic carbocycles. The molecule has 74 valence electrons. The van der Waals surface area contributed by atoms with E-state index >= 15 is 0 Å². The van der Waals surface area contributed by atoms with E-state index in [9.17, 15) is 0 Å². The van der Waals surface area contributed by atoms with Gasteiger partial charge in [0.05, 0.1) is 5.52 Å². The Morgan fingerprint density at radius 2 is 2.00 bits per heavy atom. The van der Waals surface area contributed by atoms with Crippen molar-refractivity contribution in [3.8, 4) is 0 Å². The number of aromatic nitrogens is 2. The summed E-state index contributed by atoms with van der Waals surface area (Å²) in [6.45, 7) is 6.55. The fraction of sp³-hybridized carbons (Fsp3) is 0.364. The average molecular weight is 189 g/mol. The Morgan fingerprint density at radius 3 is 2.64 bits per heavy atom. The molecule has 0 atom stereocenters. The maximum atomic E-state index is 5.75. The molecule has 2 aromatic rings. The molecule has 0 bridgehead atoms. The SMILES string of the molecule is CC(C)(C)c1ccc2[nH]nc(N)c2c1. The van der Waals surface area contributed by atoms with Gasteiger partial charge in [-0.2, -0.15) is 5.10 Å². The second-order valence-corrected chi connectivity index (χ2v) is 4.62. The third kappa shape index (κ3) is 1.35. The number of anilines is 1. The van der Waals surface area contributed by atoms with E-state index in [-0.39, 0.29) is 5.41 Å². The molecule has 0 aliphatic rings. The first-order valence-electron chi connectivity index (χ1n) is 4.72. The molecule has 1 heterocycles. The molecule has 3 nitrogen and oxygen atoms in total. The minimum atomic E-state index is 0.151. The Balaban J connectivity index is 2.66. The van der Waals surface area contributed by atoms with Crippen LogP contribution in [0.2, 0.25) is 0 Å². The molecule has 0 amide bonds. The van der Waals surface area contributed by atoms with E-state index in [1.54, 1.807) is 0 Å². The highest BCUT2D eigenvalue weighted by molar-refractivity contribution is 5.89. The fourth-order valence-electron chi connectivity index (χ4n) is 1.50. The van der Waals surface area contributed by atoms with Crippen LogP contribution in [0.25, 0.3) is 10.9 Å². The number of benzene rings is 1. The molecule has 0 radical (unpaired) electrons. The molecule has 0 spiro atoms. The Labute approximate surface area is 83.3 Å². The third-order valence-corrected chi connectivity index (χ3v) is 2.46. The molecule has 1 aromatic heterocycles. The molecule has 14 heavy (non-hydrogen) atoms. The van der Waals surface area contributed by atoms with Gasteiger partial charge in [-0.15, -0.1) is 0 Å². The molecule has 0 aliphatic carbocycles. The van der Waals surface area contributed by atoms with Gasteiger partial charge >= 0.3 is 0 Å². The smallest absolute Gasteiger partial charge is 0.153 e. The first-order chi connectivity index (χ1) is 6.48. The summed E-state index contributed by atoms with van der Waals surface area (Å²) in [6.07, 6.45) is 0. The van der Waals surface area contributed by atoms with Crippen LogP contribution in [-0.4, -0.2) is 10.2 Å². The molecular weight excluding hydrogens is 174 g/mol. The number of H-pyrrole nitrogens is 1. The summed E-state index contributed by atoms with van der Waals surface area (Å²) in [4.78, 5) is 0. The number of fused-ring (bicyclic) bond motifs is 1. The Hall–Kier alpha value is -1.51. The van der Waals surface area contributed by atoms with Crippen LogP contribution >= 0.6 is 0 Å². The van der Waals surface area contributed by atoms with Crippen LogP contribution in [0.15, 0.2) is 18.2 Å². The van der Waals surface area contributed by atoms with E-state index in [4.69, 9.17) is 5.73 Å². The van der Waals surface area contributed by atoms with Crippen molar-refractivity contribution in [1.29, 1.82) is 0 Å². The van der Waals surface area contributed by atoms with Crippen molar-refractivity contribution in [3.63, 3.8) is 0 Å². The van der Waals surface area contributed by atoms with Crippen LogP contribution in [0.5, 0.6) is 0 Å². The zero-order valence-corrected chi connectivity index (χ0v) is 8.76. The van der Waals surface area contributed by atoms with Gasteiger partial charge in [-0.1, -0.05) is 26.8 Å². The maximum absolute atomic E-state index is 5.75. The second kappa shape index (κ2) is 2.74. The first-order valence-corrected chi connectivity index (χ1v) is 4.72. The quantitative estimate of drug-likeness (QED) is 0.668. The van der Waals surface area contributed by atoms with E-state index in [2.05, 4.69) is 43.1 Å². The molecule has 0 aliphatic heterocycles. The number of aromatic amines is 1. The maximum Gasteiger partial charge on any atom is 0.153 e. The van der Waals surface area contributed by atoms with E-state index in [0.29, 0.717) is 5.82 Å². The van der Waals surface area contributed by atoms with Crippen molar-refractivity contribution in [3.05, 3.63) is 23.8 Å². The summed E-state index contributed by atoms with van der Waals surface area (Å²) >= 11 is 0. The van der Waals surface area contributed by atoms with Crippen molar-refractivity contribution in [1.82, 2.24) is 10.2 Å². The van der Waals surface area contributed by atoms with Crippen molar-refractivity contribution in [2.75, 3.05) is 5.73 Å². The molecule has 3 heteroatoms. The number of hydrogen-bond acceptors (Lipinski definition) is 2. The fourth-order valence-corrected chi connectivity index (χ4v) is 1.50. The Kier molecular flexibility index (Phi) is 1.77. The lowest BCUT2D eigenvalue weighted by Crippen LogP contribution is -2.10. The van der Waals surface area contributed by atoms with Gasteiger partial charge in [0, 0.05) is 5.39 Å². The zero-order chi connectivity index (χ0) is 10.3. The second-order valence-electron chi connectivity index (χ2n) is 4.62. The number of nitrogen functional groups attached to an aromatic ring is 1. The molecular formula is C11H15N3. The molecule has 0 fully saturated rings. The van der Waals surface area contributed by atoms with Gasteiger partial charge in [0.25, 0.3) is 0 Å². The largest absolute Gasteiger partial charge is 0.382 e. The van der Waals surface area contributed by atoms with Crippen LogP contribution in [0, 0.1) is 0 Å². The van der Waals surface area contributed by atoms with Crippen LogP contribution in [0.3, 0.4) is 0 Å². The number of hydrogen-bond donors (Lipinski definition) is 2. The van der Waals surface area contributed by atoms with Gasteiger partial charge in [-0.25, -0.2) is 0 Å². The van der Waals surface area contributed by atoms with Crippen LogP contribution < -0.4 is 5.73 Å². The van der Waals surface area contributed by atoms with Gasteiger partial charge in [0.15, 0.2) is 5.82 Å². The summed E-state index contributed by atoms with van der Waals surface area (Å²) in [5, 5.41) is 7.87. The highest BCUT2D eigenvalue weighted by Gasteiger charge is 2.14.